The Balaban J connectivity index is 1.93. The van der Waals surface area contributed by atoms with Gasteiger partial charge in [0.2, 0.25) is 0 Å². The molecule has 2 heterocycles. The van der Waals surface area contributed by atoms with Crippen molar-refractivity contribution in [2.75, 3.05) is 12.4 Å². The lowest BCUT2D eigenvalue weighted by atomic mass is 10.1. The van der Waals surface area contributed by atoms with Gasteiger partial charge in [-0.05, 0) is 48.9 Å². The van der Waals surface area contributed by atoms with E-state index in [1.165, 1.54) is 36.1 Å². The van der Waals surface area contributed by atoms with Crippen LogP contribution in [-0.4, -0.2) is 27.7 Å². The Bertz CT molecular complexity index is 1380. The van der Waals surface area contributed by atoms with E-state index in [0.717, 1.165) is 0 Å². The number of hydrogen-bond donors (Lipinski definition) is 2. The number of halogens is 1. The molecule has 156 valence electrons. The first-order chi connectivity index (χ1) is 14.9. The molecule has 0 saturated carbocycles. The van der Waals surface area contributed by atoms with Crippen LogP contribution in [0.1, 0.15) is 15.9 Å². The molecule has 2 aromatic carbocycles. The summed E-state index contributed by atoms with van der Waals surface area (Å²) >= 11 is 0. The number of carbonyl (C=O) groups excluding carboxylic acids is 1. The molecule has 4 rings (SSSR count). The van der Waals surface area contributed by atoms with Crippen LogP contribution in [0.25, 0.3) is 16.7 Å². The van der Waals surface area contributed by atoms with E-state index in [0.29, 0.717) is 17.0 Å². The van der Waals surface area contributed by atoms with E-state index < -0.39 is 28.6 Å². The Morgan fingerprint density at radius 2 is 1.97 bits per heavy atom. The van der Waals surface area contributed by atoms with Gasteiger partial charge in [0, 0.05) is 12.3 Å². The van der Waals surface area contributed by atoms with Crippen molar-refractivity contribution in [1.29, 1.82) is 0 Å². The van der Waals surface area contributed by atoms with E-state index in [9.17, 15) is 19.1 Å². The van der Waals surface area contributed by atoms with Crippen LogP contribution in [-0.2, 0) is 0 Å². The molecule has 2 aromatic heterocycles. The van der Waals surface area contributed by atoms with E-state index in [2.05, 4.69) is 10.3 Å². The van der Waals surface area contributed by atoms with Crippen molar-refractivity contribution in [3.63, 3.8) is 0 Å². The Morgan fingerprint density at radius 1 is 1.16 bits per heavy atom. The summed E-state index contributed by atoms with van der Waals surface area (Å²) in [6.45, 7) is 1.71. The highest BCUT2D eigenvalue weighted by Crippen LogP contribution is 2.28. The number of ether oxygens (including phenoxy) is 1. The van der Waals surface area contributed by atoms with Crippen molar-refractivity contribution >= 4 is 22.6 Å². The predicted octanol–water partition coefficient (Wildman–Crippen LogP) is 3.80. The minimum absolute atomic E-state index is 0.103. The van der Waals surface area contributed by atoms with Crippen LogP contribution in [0.5, 0.6) is 11.5 Å². The van der Waals surface area contributed by atoms with Gasteiger partial charge in [-0.2, -0.15) is 0 Å². The van der Waals surface area contributed by atoms with E-state index in [-0.39, 0.29) is 16.7 Å². The standard InChI is InChI=1S/C23H18FN3O4/c1-13-8-9-18(17(24)11-13)26-22(29)19-20(28)16-7-4-10-25-21(16)27(23(19)30)14-5-3-6-15(12-14)31-2/h3-12,28H,1-2H3,(H,26,29). The molecule has 0 unspecified atom stereocenters. The monoisotopic (exact) mass is 419 g/mol. The number of fused-ring (bicyclic) bond motifs is 1. The van der Waals surface area contributed by atoms with Crippen molar-refractivity contribution in [3.8, 4) is 17.2 Å². The normalized spacial score (nSPS) is 10.8. The Labute approximate surface area is 176 Å². The lowest BCUT2D eigenvalue weighted by molar-refractivity contribution is 0.102. The highest BCUT2D eigenvalue weighted by Gasteiger charge is 2.24. The number of aryl methyl sites for hydroxylation is 1. The molecular weight excluding hydrogens is 401 g/mol. The Kier molecular flexibility index (Phi) is 5.12. The van der Waals surface area contributed by atoms with Crippen molar-refractivity contribution in [2.45, 2.75) is 6.92 Å². The Hall–Kier alpha value is -4.20. The predicted molar refractivity (Wildman–Crippen MR) is 115 cm³/mol. The van der Waals surface area contributed by atoms with Crippen molar-refractivity contribution < 1.29 is 19.0 Å². The number of pyridine rings is 2. The Morgan fingerprint density at radius 3 is 2.71 bits per heavy atom. The van der Waals surface area contributed by atoms with Crippen LogP contribution < -0.4 is 15.6 Å². The topological polar surface area (TPSA) is 93.5 Å². The minimum atomic E-state index is -0.937. The summed E-state index contributed by atoms with van der Waals surface area (Å²) in [5.74, 6) is -1.62. The van der Waals surface area contributed by atoms with Crippen LogP contribution in [0.3, 0.4) is 0 Å². The SMILES string of the molecule is COc1cccc(-n2c(=O)c(C(=O)Nc3ccc(C)cc3F)c(O)c3cccnc32)c1. The number of nitrogens with zero attached hydrogens (tertiary/aromatic N) is 2. The molecule has 0 aliphatic heterocycles. The van der Waals surface area contributed by atoms with Gasteiger partial charge in [-0.15, -0.1) is 0 Å². The second-order valence-corrected chi connectivity index (χ2v) is 6.88. The number of benzene rings is 2. The number of anilines is 1. The molecule has 4 aromatic rings. The number of methoxy groups -OCH3 is 1. The number of amides is 1. The smallest absolute Gasteiger partial charge is 0.273 e. The van der Waals surface area contributed by atoms with Gasteiger partial charge in [-0.25, -0.2) is 9.37 Å². The van der Waals surface area contributed by atoms with Gasteiger partial charge in [0.05, 0.1) is 23.9 Å². The molecule has 31 heavy (non-hydrogen) atoms. The van der Waals surface area contributed by atoms with Gasteiger partial charge in [-0.3, -0.25) is 14.2 Å². The molecule has 2 N–H and O–H groups in total. The molecule has 0 aliphatic carbocycles. The summed E-state index contributed by atoms with van der Waals surface area (Å²) in [4.78, 5) is 30.5. The first kappa shape index (κ1) is 20.1. The van der Waals surface area contributed by atoms with Gasteiger partial charge >= 0.3 is 0 Å². The molecule has 0 bridgehead atoms. The van der Waals surface area contributed by atoms with Crippen LogP contribution in [0.2, 0.25) is 0 Å². The van der Waals surface area contributed by atoms with Gasteiger partial charge in [0.25, 0.3) is 11.5 Å². The highest BCUT2D eigenvalue weighted by atomic mass is 19.1. The molecule has 0 aliphatic rings. The molecule has 1 amide bonds. The van der Waals surface area contributed by atoms with Gasteiger partial charge in [0.1, 0.15) is 22.9 Å². The van der Waals surface area contributed by atoms with Crippen molar-refractivity contribution in [1.82, 2.24) is 9.55 Å². The summed E-state index contributed by atoms with van der Waals surface area (Å²) < 4.78 is 20.7. The van der Waals surface area contributed by atoms with Crippen molar-refractivity contribution in [3.05, 3.63) is 88.1 Å². The van der Waals surface area contributed by atoms with E-state index in [4.69, 9.17) is 4.74 Å². The largest absolute Gasteiger partial charge is 0.506 e. The molecule has 0 atom stereocenters. The fraction of sp³-hybridized carbons (Fsp3) is 0.0870. The lowest BCUT2D eigenvalue weighted by Crippen LogP contribution is -2.29. The molecule has 8 heteroatoms. The maximum Gasteiger partial charge on any atom is 0.273 e. The zero-order valence-electron chi connectivity index (χ0n) is 16.7. The van der Waals surface area contributed by atoms with Crippen LogP contribution >= 0.6 is 0 Å². The summed E-state index contributed by atoms with van der Waals surface area (Å²) in [5, 5.41) is 13.3. The second kappa shape index (κ2) is 7.91. The molecule has 0 spiro atoms. The van der Waals surface area contributed by atoms with Gasteiger partial charge in [0.15, 0.2) is 5.65 Å². The molecule has 7 nitrogen and oxygen atoms in total. The third-order valence-electron chi connectivity index (χ3n) is 4.82. The average Bonchev–Trinajstić information content (AvgIpc) is 2.76. The second-order valence-electron chi connectivity index (χ2n) is 6.88. The minimum Gasteiger partial charge on any atom is -0.506 e. The van der Waals surface area contributed by atoms with Crippen molar-refractivity contribution in [2.24, 2.45) is 0 Å². The van der Waals surface area contributed by atoms with E-state index in [1.807, 2.05) is 0 Å². The zero-order valence-corrected chi connectivity index (χ0v) is 16.7. The van der Waals surface area contributed by atoms with E-state index >= 15 is 0 Å². The number of hydrogen-bond acceptors (Lipinski definition) is 5. The average molecular weight is 419 g/mol. The summed E-state index contributed by atoms with van der Waals surface area (Å²) in [5.41, 5.74) is -0.200. The third-order valence-corrected chi connectivity index (χ3v) is 4.82. The number of aromatic nitrogens is 2. The summed E-state index contributed by atoms with van der Waals surface area (Å²) in [6, 6.07) is 14.0. The maximum absolute atomic E-state index is 14.2. The number of aromatic hydroxyl groups is 1. The third kappa shape index (κ3) is 3.59. The van der Waals surface area contributed by atoms with Crippen LogP contribution in [0.15, 0.2) is 65.6 Å². The fourth-order valence-corrected chi connectivity index (χ4v) is 3.30. The van der Waals surface area contributed by atoms with Gasteiger partial charge in [-0.1, -0.05) is 12.1 Å². The highest BCUT2D eigenvalue weighted by molar-refractivity contribution is 6.09. The maximum atomic E-state index is 14.2. The number of rotatable bonds is 4. The fourth-order valence-electron chi connectivity index (χ4n) is 3.30. The first-order valence-electron chi connectivity index (χ1n) is 9.35. The summed E-state index contributed by atoms with van der Waals surface area (Å²) in [7, 11) is 1.49. The first-order valence-corrected chi connectivity index (χ1v) is 9.35. The zero-order chi connectivity index (χ0) is 22.1. The number of carbonyl (C=O) groups is 1. The van der Waals surface area contributed by atoms with Gasteiger partial charge < -0.3 is 15.2 Å². The molecule has 0 fully saturated rings. The summed E-state index contributed by atoms with van der Waals surface area (Å²) in [6.07, 6.45) is 1.47. The quantitative estimate of drug-likeness (QED) is 0.525. The lowest BCUT2D eigenvalue weighted by Gasteiger charge is -2.15. The van der Waals surface area contributed by atoms with Crippen LogP contribution in [0, 0.1) is 12.7 Å². The molecular formula is C23H18FN3O4. The number of nitrogens with one attached hydrogen (secondary N) is 1. The van der Waals surface area contributed by atoms with Crippen LogP contribution in [0.4, 0.5) is 10.1 Å². The molecule has 0 radical (unpaired) electrons. The molecule has 0 saturated heterocycles. The van der Waals surface area contributed by atoms with E-state index in [1.54, 1.807) is 43.3 Å².